The highest BCUT2D eigenvalue weighted by molar-refractivity contribution is 7.11. The Morgan fingerprint density at radius 1 is 1.26 bits per heavy atom. The molecule has 3 nitrogen and oxygen atoms in total. The van der Waals surface area contributed by atoms with Gasteiger partial charge in [-0.2, -0.15) is 0 Å². The summed E-state index contributed by atoms with van der Waals surface area (Å²) in [7, 11) is 0. The predicted molar refractivity (Wildman–Crippen MR) is 76.9 cm³/mol. The molecule has 0 unspecified atom stereocenters. The van der Waals surface area contributed by atoms with Gasteiger partial charge >= 0.3 is 5.97 Å². The lowest BCUT2D eigenvalue weighted by Gasteiger charge is -2.08. The molecule has 19 heavy (non-hydrogen) atoms. The molecule has 1 heterocycles. The number of aromatic nitrogens is 1. The average molecular weight is 275 g/mol. The number of carbonyl (C=O) groups is 1. The largest absolute Gasteiger partial charge is 0.481 e. The Hall–Kier alpha value is -1.68. The summed E-state index contributed by atoms with van der Waals surface area (Å²) < 4.78 is 0. The summed E-state index contributed by atoms with van der Waals surface area (Å²) in [4.78, 5) is 16.2. The maximum absolute atomic E-state index is 10.7. The minimum Gasteiger partial charge on any atom is -0.481 e. The number of benzene rings is 1. The SMILES string of the molecule is Cc1cccc(C)c1Cc1sc(CC(=O)O)nc1C. The molecule has 0 spiro atoms. The van der Waals surface area contributed by atoms with Crippen LogP contribution >= 0.6 is 11.3 Å². The van der Waals surface area contributed by atoms with E-state index in [0.717, 1.165) is 17.0 Å². The Labute approximate surface area is 116 Å². The number of hydrogen-bond donors (Lipinski definition) is 1. The van der Waals surface area contributed by atoms with Crippen molar-refractivity contribution in [3.63, 3.8) is 0 Å². The van der Waals surface area contributed by atoms with Crippen LogP contribution in [0, 0.1) is 20.8 Å². The molecule has 1 N–H and O–H groups in total. The molecule has 0 saturated carbocycles. The summed E-state index contributed by atoms with van der Waals surface area (Å²) in [6, 6.07) is 6.28. The van der Waals surface area contributed by atoms with Crippen molar-refractivity contribution in [1.29, 1.82) is 0 Å². The summed E-state index contributed by atoms with van der Waals surface area (Å²) in [6.07, 6.45) is 0.847. The van der Waals surface area contributed by atoms with Crippen molar-refractivity contribution in [2.24, 2.45) is 0 Å². The molecule has 1 aromatic heterocycles. The standard InChI is InChI=1S/C15H17NO2S/c1-9-5-4-6-10(2)12(9)7-13-11(3)16-14(19-13)8-15(17)18/h4-6H,7-8H2,1-3H3,(H,17,18). The lowest BCUT2D eigenvalue weighted by atomic mass is 9.99. The number of carboxylic acid groups (broad SMARTS) is 1. The summed E-state index contributed by atoms with van der Waals surface area (Å²) >= 11 is 1.51. The van der Waals surface area contributed by atoms with Gasteiger partial charge in [0.1, 0.15) is 5.01 Å². The molecular weight excluding hydrogens is 258 g/mol. The number of carboxylic acids is 1. The van der Waals surface area contributed by atoms with Crippen molar-refractivity contribution < 1.29 is 9.90 Å². The van der Waals surface area contributed by atoms with Crippen molar-refractivity contribution in [2.45, 2.75) is 33.6 Å². The van der Waals surface area contributed by atoms with E-state index in [2.05, 4.69) is 37.0 Å². The topological polar surface area (TPSA) is 50.2 Å². The summed E-state index contributed by atoms with van der Waals surface area (Å²) in [5, 5.41) is 9.50. The van der Waals surface area contributed by atoms with E-state index in [4.69, 9.17) is 5.11 Å². The van der Waals surface area contributed by atoms with Gasteiger partial charge in [-0.3, -0.25) is 4.79 Å². The molecule has 0 bridgehead atoms. The molecule has 2 rings (SSSR count). The van der Waals surface area contributed by atoms with E-state index in [1.54, 1.807) is 0 Å². The molecule has 0 radical (unpaired) electrons. The zero-order valence-electron chi connectivity index (χ0n) is 11.4. The lowest BCUT2D eigenvalue weighted by molar-refractivity contribution is -0.136. The number of hydrogen-bond acceptors (Lipinski definition) is 3. The van der Waals surface area contributed by atoms with Crippen molar-refractivity contribution in [3.05, 3.63) is 50.5 Å². The highest BCUT2D eigenvalue weighted by atomic mass is 32.1. The first-order valence-electron chi connectivity index (χ1n) is 6.19. The van der Waals surface area contributed by atoms with Gasteiger partial charge in [0, 0.05) is 11.3 Å². The molecule has 2 aromatic rings. The highest BCUT2D eigenvalue weighted by Gasteiger charge is 2.12. The Balaban J connectivity index is 2.28. The van der Waals surface area contributed by atoms with Gasteiger partial charge in [0.05, 0.1) is 12.1 Å². The highest BCUT2D eigenvalue weighted by Crippen LogP contribution is 2.25. The van der Waals surface area contributed by atoms with Crippen LogP contribution in [0.2, 0.25) is 0 Å². The fourth-order valence-corrected chi connectivity index (χ4v) is 3.22. The molecule has 0 aliphatic carbocycles. The molecule has 4 heteroatoms. The second-order valence-electron chi connectivity index (χ2n) is 4.73. The van der Waals surface area contributed by atoms with E-state index in [1.807, 2.05) is 6.92 Å². The summed E-state index contributed by atoms with van der Waals surface area (Å²) in [5.41, 5.74) is 4.81. The minimum atomic E-state index is -0.827. The monoisotopic (exact) mass is 275 g/mol. The second-order valence-corrected chi connectivity index (χ2v) is 5.90. The van der Waals surface area contributed by atoms with Crippen LogP contribution in [0.15, 0.2) is 18.2 Å². The quantitative estimate of drug-likeness (QED) is 0.931. The van der Waals surface area contributed by atoms with Crippen LogP contribution in [-0.4, -0.2) is 16.1 Å². The van der Waals surface area contributed by atoms with Crippen molar-refractivity contribution in [1.82, 2.24) is 4.98 Å². The van der Waals surface area contributed by atoms with Crippen LogP contribution in [0.3, 0.4) is 0 Å². The van der Waals surface area contributed by atoms with Gasteiger partial charge in [0.25, 0.3) is 0 Å². The van der Waals surface area contributed by atoms with Gasteiger partial charge in [-0.05, 0) is 37.5 Å². The van der Waals surface area contributed by atoms with Crippen LogP contribution in [-0.2, 0) is 17.6 Å². The number of rotatable bonds is 4. The van der Waals surface area contributed by atoms with Gasteiger partial charge in [-0.15, -0.1) is 11.3 Å². The molecule has 0 aliphatic rings. The third kappa shape index (κ3) is 3.20. The summed E-state index contributed by atoms with van der Waals surface area (Å²) in [5.74, 6) is -0.827. The zero-order valence-corrected chi connectivity index (χ0v) is 12.2. The fraction of sp³-hybridized carbons (Fsp3) is 0.333. The third-order valence-corrected chi connectivity index (χ3v) is 4.38. The van der Waals surface area contributed by atoms with E-state index < -0.39 is 5.97 Å². The number of aliphatic carboxylic acids is 1. The molecule has 0 fully saturated rings. The normalized spacial score (nSPS) is 10.7. The van der Waals surface area contributed by atoms with Crippen LogP contribution in [0.5, 0.6) is 0 Å². The van der Waals surface area contributed by atoms with Gasteiger partial charge in [0.15, 0.2) is 0 Å². The molecule has 0 aliphatic heterocycles. The van der Waals surface area contributed by atoms with Gasteiger partial charge < -0.3 is 5.11 Å². The van der Waals surface area contributed by atoms with Crippen LogP contribution in [0.25, 0.3) is 0 Å². The average Bonchev–Trinajstić information content (AvgIpc) is 2.63. The van der Waals surface area contributed by atoms with Crippen LogP contribution in [0.1, 0.15) is 32.3 Å². The first-order valence-corrected chi connectivity index (χ1v) is 7.01. The maximum Gasteiger partial charge on any atom is 0.310 e. The van der Waals surface area contributed by atoms with E-state index >= 15 is 0 Å². The second kappa shape index (κ2) is 5.53. The number of nitrogens with zero attached hydrogens (tertiary/aromatic N) is 1. The van der Waals surface area contributed by atoms with Crippen molar-refractivity contribution >= 4 is 17.3 Å². The van der Waals surface area contributed by atoms with Crippen molar-refractivity contribution in [3.8, 4) is 0 Å². The van der Waals surface area contributed by atoms with Crippen LogP contribution < -0.4 is 0 Å². The maximum atomic E-state index is 10.7. The molecule has 0 amide bonds. The lowest BCUT2D eigenvalue weighted by Crippen LogP contribution is -1.98. The third-order valence-electron chi connectivity index (χ3n) is 3.22. The Morgan fingerprint density at radius 2 is 1.89 bits per heavy atom. The smallest absolute Gasteiger partial charge is 0.310 e. The van der Waals surface area contributed by atoms with Gasteiger partial charge in [-0.25, -0.2) is 4.98 Å². The molecule has 1 aromatic carbocycles. The van der Waals surface area contributed by atoms with E-state index in [0.29, 0.717) is 5.01 Å². The Bertz CT molecular complexity index is 596. The molecule has 100 valence electrons. The Morgan fingerprint density at radius 3 is 2.47 bits per heavy atom. The number of thiazole rings is 1. The molecule has 0 saturated heterocycles. The first kappa shape index (κ1) is 13.7. The Kier molecular flexibility index (Phi) is 4.00. The first-order chi connectivity index (χ1) is 8.97. The van der Waals surface area contributed by atoms with Gasteiger partial charge in [0.2, 0.25) is 0 Å². The van der Waals surface area contributed by atoms with Crippen molar-refractivity contribution in [2.75, 3.05) is 0 Å². The van der Waals surface area contributed by atoms with E-state index in [-0.39, 0.29) is 6.42 Å². The fourth-order valence-electron chi connectivity index (χ4n) is 2.15. The predicted octanol–water partition coefficient (Wildman–Crippen LogP) is 3.29. The summed E-state index contributed by atoms with van der Waals surface area (Å²) in [6.45, 7) is 6.17. The zero-order chi connectivity index (χ0) is 14.0. The van der Waals surface area contributed by atoms with Gasteiger partial charge in [-0.1, -0.05) is 18.2 Å². The minimum absolute atomic E-state index is 0.0122. The van der Waals surface area contributed by atoms with Crippen LogP contribution in [0.4, 0.5) is 0 Å². The molecular formula is C15H17NO2S. The van der Waals surface area contributed by atoms with E-state index in [1.165, 1.54) is 28.0 Å². The number of aryl methyl sites for hydroxylation is 3. The van der Waals surface area contributed by atoms with E-state index in [9.17, 15) is 4.79 Å². The molecule has 0 atom stereocenters.